The molecule has 0 aliphatic heterocycles. The van der Waals surface area contributed by atoms with Gasteiger partial charge in [0.05, 0.1) is 6.61 Å². The van der Waals surface area contributed by atoms with E-state index >= 15 is 0 Å². The third kappa shape index (κ3) is 6.45. The fraction of sp³-hybridized carbons (Fsp3) is 0.800. The van der Waals surface area contributed by atoms with Crippen LogP contribution in [0.1, 0.15) is 60.3 Å². The molecule has 0 aromatic heterocycles. The van der Waals surface area contributed by atoms with Crippen LogP contribution in [0.2, 0.25) is 19.6 Å². The highest BCUT2D eigenvalue weighted by Crippen LogP contribution is 2.54. The highest BCUT2D eigenvalue weighted by Gasteiger charge is 2.54. The monoisotopic (exact) mass is 554 g/mol. The number of halogens is 3. The van der Waals surface area contributed by atoms with Gasteiger partial charge in [-0.1, -0.05) is 26.8 Å². The Kier molecular flexibility index (Phi) is 9.08. The molecule has 6 nitrogen and oxygen atoms in total. The van der Waals surface area contributed by atoms with E-state index in [1.54, 1.807) is 27.9 Å². The lowest BCUT2D eigenvalue weighted by Gasteiger charge is -2.40. The van der Waals surface area contributed by atoms with Crippen molar-refractivity contribution >= 4 is 24.2 Å². The largest absolute Gasteiger partial charge is 0.534 e. The first-order valence-corrected chi connectivity index (χ1v) is 17.2. The minimum atomic E-state index is -5.85. The van der Waals surface area contributed by atoms with Gasteiger partial charge in [-0.25, -0.2) is 0 Å². The zero-order chi connectivity index (χ0) is 27.9. The normalized spacial score (nSPS) is 29.9. The molecule has 0 aromatic rings. The van der Waals surface area contributed by atoms with Gasteiger partial charge in [0.25, 0.3) is 0 Å². The molecule has 0 aromatic carbocycles. The number of carbonyl (C=O) groups excluding carboxylic acids is 1. The van der Waals surface area contributed by atoms with E-state index in [1.807, 2.05) is 32.6 Å². The molecular formula is C25H41F3O6SSi. The number of alkyl halides is 3. The zero-order valence-corrected chi connectivity index (χ0v) is 24.7. The van der Waals surface area contributed by atoms with Crippen molar-refractivity contribution in [2.45, 2.75) is 91.1 Å². The first-order valence-electron chi connectivity index (χ1n) is 12.4. The summed E-state index contributed by atoms with van der Waals surface area (Å²) in [4.78, 5) is 12.4. The summed E-state index contributed by atoms with van der Waals surface area (Å²) in [7, 11) is -6.44. The van der Waals surface area contributed by atoms with Crippen LogP contribution in [0.4, 0.5) is 13.2 Å². The fourth-order valence-corrected chi connectivity index (χ4v) is 7.57. The molecule has 36 heavy (non-hydrogen) atoms. The van der Waals surface area contributed by atoms with Gasteiger partial charge in [-0.2, -0.15) is 21.6 Å². The summed E-state index contributed by atoms with van der Waals surface area (Å²) in [5.74, 6) is -0.946. The summed E-state index contributed by atoms with van der Waals surface area (Å²) in [5.41, 5.74) is -6.20. The maximum atomic E-state index is 13.3. The molecule has 0 saturated heterocycles. The second-order valence-electron chi connectivity index (χ2n) is 11.7. The van der Waals surface area contributed by atoms with Crippen LogP contribution >= 0.6 is 0 Å². The van der Waals surface area contributed by atoms with Gasteiger partial charge in [0.15, 0.2) is 8.32 Å². The Balaban J connectivity index is 2.78. The Morgan fingerprint density at radius 2 is 1.78 bits per heavy atom. The van der Waals surface area contributed by atoms with Gasteiger partial charge in [-0.05, 0) is 82.2 Å². The van der Waals surface area contributed by atoms with Gasteiger partial charge >= 0.3 is 15.6 Å². The van der Waals surface area contributed by atoms with Gasteiger partial charge in [0, 0.05) is 18.4 Å². The Hall–Kier alpha value is -1.17. The summed E-state index contributed by atoms with van der Waals surface area (Å²) >= 11 is 0. The minimum Gasteiger partial charge on any atom is -0.406 e. The van der Waals surface area contributed by atoms with Crippen molar-refractivity contribution in [2.75, 3.05) is 13.7 Å². The van der Waals surface area contributed by atoms with E-state index in [4.69, 9.17) is 13.3 Å². The van der Waals surface area contributed by atoms with Crippen molar-refractivity contribution in [2.24, 2.45) is 23.2 Å². The average molecular weight is 555 g/mol. The first-order chi connectivity index (χ1) is 16.2. The molecular weight excluding hydrogens is 513 g/mol. The quantitative estimate of drug-likeness (QED) is 0.135. The number of hydrogen-bond donors (Lipinski definition) is 0. The van der Waals surface area contributed by atoms with Crippen molar-refractivity contribution < 1.29 is 39.7 Å². The van der Waals surface area contributed by atoms with Crippen molar-refractivity contribution in [1.82, 2.24) is 0 Å². The van der Waals surface area contributed by atoms with Crippen molar-refractivity contribution in [3.8, 4) is 0 Å². The topological polar surface area (TPSA) is 78.9 Å². The fourth-order valence-electron chi connectivity index (χ4n) is 5.51. The molecule has 0 N–H and O–H groups in total. The molecule has 2 aliphatic rings. The van der Waals surface area contributed by atoms with Crippen molar-refractivity contribution in [3.05, 3.63) is 23.0 Å². The molecule has 0 radical (unpaired) electrons. The Morgan fingerprint density at radius 1 is 1.19 bits per heavy atom. The molecule has 1 fully saturated rings. The van der Waals surface area contributed by atoms with Crippen molar-refractivity contribution in [3.63, 3.8) is 0 Å². The molecule has 0 spiro atoms. The van der Waals surface area contributed by atoms with Gasteiger partial charge in [-0.15, -0.1) is 0 Å². The number of methoxy groups -OCH3 is 1. The standard InChI is InChI=1S/C25H41F3O6SSi/c1-16(2)19-10-12-23(5,22(19)33-35(30,31)25(26,27)28)14-21-20(17(3)18(4)29)11-13-24(21,15-32-6)34-36(7,8)9/h14,16-17,20H,10-13,15H2,1-9H3/b21-14+/t17-,20-,23+,24-/m0/s1. The van der Waals surface area contributed by atoms with Crippen LogP contribution in [0.15, 0.2) is 23.0 Å². The summed E-state index contributed by atoms with van der Waals surface area (Å²) in [5, 5.41) is 0. The number of ether oxygens (including phenoxy) is 1. The predicted molar refractivity (Wildman–Crippen MR) is 135 cm³/mol. The number of ketones is 1. The third-order valence-corrected chi connectivity index (χ3v) is 9.24. The molecule has 0 unspecified atom stereocenters. The van der Waals surface area contributed by atoms with Crippen LogP contribution in [-0.4, -0.2) is 47.3 Å². The van der Waals surface area contributed by atoms with E-state index in [0.717, 1.165) is 5.57 Å². The van der Waals surface area contributed by atoms with Gasteiger partial charge < -0.3 is 13.3 Å². The predicted octanol–water partition coefficient (Wildman–Crippen LogP) is 6.36. The smallest absolute Gasteiger partial charge is 0.406 e. The summed E-state index contributed by atoms with van der Waals surface area (Å²) in [6, 6.07) is 0. The first kappa shape index (κ1) is 31.0. The van der Waals surface area contributed by atoms with E-state index < -0.39 is 35.0 Å². The Morgan fingerprint density at radius 3 is 2.22 bits per heavy atom. The number of carbonyl (C=O) groups is 1. The second-order valence-corrected chi connectivity index (χ2v) is 17.7. The van der Waals surface area contributed by atoms with Crippen LogP contribution < -0.4 is 0 Å². The highest BCUT2D eigenvalue weighted by molar-refractivity contribution is 7.87. The number of rotatable bonds is 10. The molecule has 4 atom stereocenters. The van der Waals surface area contributed by atoms with Crippen LogP contribution in [0.5, 0.6) is 0 Å². The lowest BCUT2D eigenvalue weighted by molar-refractivity contribution is -0.121. The third-order valence-electron chi connectivity index (χ3n) is 7.28. The van der Waals surface area contributed by atoms with Gasteiger partial charge in [0.2, 0.25) is 0 Å². The summed E-state index contributed by atoms with van der Waals surface area (Å²) in [6.07, 6.45) is 3.85. The molecule has 2 rings (SSSR count). The Labute approximate surface area is 214 Å². The minimum absolute atomic E-state index is 0.00164. The summed E-state index contributed by atoms with van der Waals surface area (Å²) < 4.78 is 81.3. The van der Waals surface area contributed by atoms with E-state index in [9.17, 15) is 26.4 Å². The van der Waals surface area contributed by atoms with E-state index in [0.29, 0.717) is 31.3 Å². The Bertz CT molecular complexity index is 1010. The number of Topliss-reactive ketones (excluding diaryl/α,β-unsaturated/α-hetero) is 1. The van der Waals surface area contributed by atoms with Crippen molar-refractivity contribution in [1.29, 1.82) is 0 Å². The maximum absolute atomic E-state index is 13.3. The van der Waals surface area contributed by atoms with Crippen LogP contribution in [0.3, 0.4) is 0 Å². The van der Waals surface area contributed by atoms with Crippen LogP contribution in [0, 0.1) is 23.2 Å². The van der Waals surface area contributed by atoms with Gasteiger partial charge in [-0.3, -0.25) is 4.79 Å². The average Bonchev–Trinajstić information content (AvgIpc) is 3.17. The van der Waals surface area contributed by atoms with Gasteiger partial charge in [0.1, 0.15) is 17.1 Å². The molecule has 2 aliphatic carbocycles. The molecule has 0 heterocycles. The number of allylic oxidation sites excluding steroid dienone is 2. The van der Waals surface area contributed by atoms with E-state index in [2.05, 4.69) is 0 Å². The SMILES string of the molecule is COC[C@@]1(O[Si](C)(C)C)CC[C@@H]([C@@H](C)C(C)=O)/C1=C\[C@@]1(C)CCC(C(C)C)=C1OS(=O)(=O)C(F)(F)F. The number of hydrogen-bond acceptors (Lipinski definition) is 6. The maximum Gasteiger partial charge on any atom is 0.534 e. The van der Waals surface area contributed by atoms with Crippen LogP contribution in [0.25, 0.3) is 0 Å². The molecule has 0 amide bonds. The lowest BCUT2D eigenvalue weighted by Crippen LogP contribution is -2.46. The molecule has 1 saturated carbocycles. The molecule has 0 bridgehead atoms. The highest BCUT2D eigenvalue weighted by atomic mass is 32.2. The van der Waals surface area contributed by atoms with E-state index in [1.165, 1.54) is 6.92 Å². The van der Waals surface area contributed by atoms with Crippen LogP contribution in [-0.2, 0) is 28.3 Å². The molecule has 11 heteroatoms. The molecule has 208 valence electrons. The zero-order valence-electron chi connectivity index (χ0n) is 22.8. The van der Waals surface area contributed by atoms with E-state index in [-0.39, 0.29) is 35.9 Å². The second kappa shape index (κ2) is 10.5. The summed E-state index contributed by atoms with van der Waals surface area (Å²) in [6.45, 7) is 15.0. The lowest BCUT2D eigenvalue weighted by atomic mass is 9.77.